The highest BCUT2D eigenvalue weighted by Gasteiger charge is 2.03. The molecule has 0 saturated carbocycles. The van der Waals surface area contributed by atoms with Crippen LogP contribution in [0.3, 0.4) is 0 Å². The smallest absolute Gasteiger partial charge is 0.305 e. The Labute approximate surface area is 95.7 Å². The lowest BCUT2D eigenvalue weighted by Crippen LogP contribution is -2.08. The van der Waals surface area contributed by atoms with Crippen LogP contribution in [-0.2, 0) is 14.3 Å². The van der Waals surface area contributed by atoms with Crippen molar-refractivity contribution < 1.29 is 24.5 Å². The molecule has 0 aromatic carbocycles. The molecule has 5 heteroatoms. The molecule has 16 heavy (non-hydrogen) atoms. The molecule has 0 spiro atoms. The number of carboxylic acids is 1. The van der Waals surface area contributed by atoms with E-state index < -0.39 is 5.97 Å². The largest absolute Gasteiger partial charge is 0.481 e. The van der Waals surface area contributed by atoms with Crippen molar-refractivity contribution in [3.05, 3.63) is 12.7 Å². The van der Waals surface area contributed by atoms with Gasteiger partial charge in [-0.2, -0.15) is 0 Å². The molecular weight excluding hydrogens is 212 g/mol. The molecule has 0 fully saturated rings. The summed E-state index contributed by atoms with van der Waals surface area (Å²) in [5.41, 5.74) is 0. The number of aliphatic hydroxyl groups is 1. The summed E-state index contributed by atoms with van der Waals surface area (Å²) in [6, 6.07) is 0. The molecule has 0 heterocycles. The normalized spacial score (nSPS) is 8.62. The second-order valence-electron chi connectivity index (χ2n) is 2.95. The SMILES string of the molecule is C=CC.O=C(O)CCCCC(=O)OCCO. The average Bonchev–Trinajstić information content (AvgIpc) is 2.22. The van der Waals surface area contributed by atoms with Gasteiger partial charge in [0.1, 0.15) is 6.61 Å². The first kappa shape index (κ1) is 17.0. The predicted molar refractivity (Wildman–Crippen MR) is 60.0 cm³/mol. The molecule has 2 N–H and O–H groups in total. The first-order chi connectivity index (χ1) is 7.58. The van der Waals surface area contributed by atoms with Crippen LogP contribution in [0.2, 0.25) is 0 Å². The molecule has 0 radical (unpaired) electrons. The van der Waals surface area contributed by atoms with Gasteiger partial charge in [0.25, 0.3) is 0 Å². The molecule has 94 valence electrons. The van der Waals surface area contributed by atoms with E-state index in [4.69, 9.17) is 10.2 Å². The van der Waals surface area contributed by atoms with Gasteiger partial charge in [-0.3, -0.25) is 9.59 Å². The van der Waals surface area contributed by atoms with Crippen LogP contribution in [0.4, 0.5) is 0 Å². The summed E-state index contributed by atoms with van der Waals surface area (Å²) in [6.07, 6.45) is 3.03. The van der Waals surface area contributed by atoms with Crippen molar-refractivity contribution in [3.8, 4) is 0 Å². The van der Waals surface area contributed by atoms with Crippen molar-refractivity contribution in [2.24, 2.45) is 0 Å². The van der Waals surface area contributed by atoms with E-state index in [0.717, 1.165) is 0 Å². The minimum absolute atomic E-state index is 0.0117. The molecule has 0 rings (SSSR count). The van der Waals surface area contributed by atoms with Gasteiger partial charge in [-0.1, -0.05) is 6.08 Å². The van der Waals surface area contributed by atoms with Crippen LogP contribution in [0, 0.1) is 0 Å². The molecule has 0 aliphatic heterocycles. The summed E-state index contributed by atoms with van der Waals surface area (Å²) in [6.45, 7) is 5.08. The standard InChI is InChI=1S/C8H14O5.C3H6/c9-5-6-13-8(12)4-2-1-3-7(10)11;1-3-2/h9H,1-6H2,(H,10,11);3H,1H2,2H3. The van der Waals surface area contributed by atoms with Gasteiger partial charge in [-0.15, -0.1) is 6.58 Å². The highest BCUT2D eigenvalue weighted by atomic mass is 16.5. The first-order valence-electron chi connectivity index (χ1n) is 5.13. The van der Waals surface area contributed by atoms with Gasteiger partial charge in [0.15, 0.2) is 0 Å². The Kier molecular flexibility index (Phi) is 14.5. The fraction of sp³-hybridized carbons (Fsp3) is 0.636. The lowest BCUT2D eigenvalue weighted by molar-refractivity contribution is -0.145. The third-order valence-electron chi connectivity index (χ3n) is 1.38. The number of hydrogen-bond acceptors (Lipinski definition) is 4. The van der Waals surface area contributed by atoms with E-state index >= 15 is 0 Å². The Balaban J connectivity index is 0. The Morgan fingerprint density at radius 1 is 1.31 bits per heavy atom. The summed E-state index contributed by atoms with van der Waals surface area (Å²) in [5.74, 6) is -1.25. The Morgan fingerprint density at radius 2 is 1.81 bits per heavy atom. The molecule has 0 aromatic heterocycles. The maximum absolute atomic E-state index is 10.8. The number of carbonyl (C=O) groups is 2. The number of rotatable bonds is 7. The quantitative estimate of drug-likeness (QED) is 0.393. The number of carboxylic acid groups (broad SMARTS) is 1. The van der Waals surface area contributed by atoms with Crippen LogP contribution < -0.4 is 0 Å². The van der Waals surface area contributed by atoms with Gasteiger partial charge in [-0.25, -0.2) is 0 Å². The lowest BCUT2D eigenvalue weighted by atomic mass is 10.2. The fourth-order valence-electron chi connectivity index (χ4n) is 0.777. The molecule has 0 saturated heterocycles. The van der Waals surface area contributed by atoms with Crippen LogP contribution in [0.25, 0.3) is 0 Å². The van der Waals surface area contributed by atoms with Crippen LogP contribution >= 0.6 is 0 Å². The summed E-state index contributed by atoms with van der Waals surface area (Å²) in [7, 11) is 0. The molecule has 0 aromatic rings. The van der Waals surface area contributed by atoms with Crippen molar-refractivity contribution in [3.63, 3.8) is 0 Å². The molecule has 5 nitrogen and oxygen atoms in total. The Hall–Kier alpha value is -1.36. The van der Waals surface area contributed by atoms with Crippen molar-refractivity contribution in [2.75, 3.05) is 13.2 Å². The molecule has 0 aliphatic rings. The summed E-state index contributed by atoms with van der Waals surface area (Å²) in [4.78, 5) is 20.8. The van der Waals surface area contributed by atoms with Gasteiger partial charge in [0, 0.05) is 12.8 Å². The number of unbranched alkanes of at least 4 members (excludes halogenated alkanes) is 1. The van der Waals surface area contributed by atoms with E-state index in [1.54, 1.807) is 6.08 Å². The number of hydrogen-bond donors (Lipinski definition) is 2. The number of ether oxygens (including phenoxy) is 1. The zero-order valence-electron chi connectivity index (χ0n) is 9.65. The van der Waals surface area contributed by atoms with Crippen molar-refractivity contribution in [2.45, 2.75) is 32.6 Å². The van der Waals surface area contributed by atoms with Gasteiger partial charge in [0.05, 0.1) is 6.61 Å². The zero-order valence-corrected chi connectivity index (χ0v) is 9.65. The third-order valence-corrected chi connectivity index (χ3v) is 1.38. The van der Waals surface area contributed by atoms with Crippen LogP contribution in [-0.4, -0.2) is 35.4 Å². The fourth-order valence-corrected chi connectivity index (χ4v) is 0.777. The minimum atomic E-state index is -0.858. The zero-order chi connectivity index (χ0) is 12.8. The van der Waals surface area contributed by atoms with E-state index in [0.29, 0.717) is 12.8 Å². The van der Waals surface area contributed by atoms with Crippen LogP contribution in [0.15, 0.2) is 12.7 Å². The minimum Gasteiger partial charge on any atom is -0.481 e. The number of esters is 1. The summed E-state index contributed by atoms with van der Waals surface area (Å²) < 4.78 is 4.56. The third kappa shape index (κ3) is 18.4. The monoisotopic (exact) mass is 232 g/mol. The summed E-state index contributed by atoms with van der Waals surface area (Å²) >= 11 is 0. The lowest BCUT2D eigenvalue weighted by Gasteiger charge is -2.01. The van der Waals surface area contributed by atoms with Crippen molar-refractivity contribution in [1.82, 2.24) is 0 Å². The predicted octanol–water partition coefficient (Wildman–Crippen LogP) is 1.36. The average molecular weight is 232 g/mol. The number of aliphatic carboxylic acids is 1. The van der Waals surface area contributed by atoms with E-state index in [9.17, 15) is 9.59 Å². The molecule has 0 bridgehead atoms. The maximum Gasteiger partial charge on any atom is 0.305 e. The van der Waals surface area contributed by atoms with E-state index in [2.05, 4.69) is 11.3 Å². The first-order valence-corrected chi connectivity index (χ1v) is 5.13. The molecule has 0 unspecified atom stereocenters. The highest BCUT2D eigenvalue weighted by molar-refractivity contribution is 5.69. The van der Waals surface area contributed by atoms with Crippen molar-refractivity contribution >= 4 is 11.9 Å². The summed E-state index contributed by atoms with van der Waals surface area (Å²) in [5, 5.41) is 16.6. The topological polar surface area (TPSA) is 83.8 Å². The number of allylic oxidation sites excluding steroid dienone is 1. The van der Waals surface area contributed by atoms with Gasteiger partial charge < -0.3 is 14.9 Å². The van der Waals surface area contributed by atoms with Gasteiger partial charge in [-0.05, 0) is 19.8 Å². The number of carbonyl (C=O) groups excluding carboxylic acids is 1. The Bertz CT molecular complexity index is 201. The van der Waals surface area contributed by atoms with Crippen molar-refractivity contribution in [1.29, 1.82) is 0 Å². The number of aliphatic hydroxyl groups excluding tert-OH is 1. The maximum atomic E-state index is 10.8. The Morgan fingerprint density at radius 3 is 2.25 bits per heavy atom. The van der Waals surface area contributed by atoms with Gasteiger partial charge in [0.2, 0.25) is 0 Å². The molecule has 0 amide bonds. The van der Waals surface area contributed by atoms with Crippen LogP contribution in [0.1, 0.15) is 32.6 Å². The second kappa shape index (κ2) is 13.6. The van der Waals surface area contributed by atoms with Crippen LogP contribution in [0.5, 0.6) is 0 Å². The van der Waals surface area contributed by atoms with E-state index in [1.807, 2.05) is 6.92 Å². The van der Waals surface area contributed by atoms with E-state index in [-0.39, 0.29) is 32.0 Å². The highest BCUT2D eigenvalue weighted by Crippen LogP contribution is 2.00. The molecular formula is C11H20O5. The second-order valence-corrected chi connectivity index (χ2v) is 2.95. The van der Waals surface area contributed by atoms with Gasteiger partial charge >= 0.3 is 11.9 Å². The molecule has 0 atom stereocenters. The van der Waals surface area contributed by atoms with E-state index in [1.165, 1.54) is 0 Å². The molecule has 0 aliphatic carbocycles.